The van der Waals surface area contributed by atoms with Crippen LogP contribution in [-0.4, -0.2) is 15.5 Å². The molecule has 0 saturated heterocycles. The Labute approximate surface area is 185 Å². The van der Waals surface area contributed by atoms with Crippen LogP contribution in [0.3, 0.4) is 0 Å². The van der Waals surface area contributed by atoms with E-state index >= 15 is 0 Å². The summed E-state index contributed by atoms with van der Waals surface area (Å²) in [7, 11) is 0. The van der Waals surface area contributed by atoms with Gasteiger partial charge in [-0.3, -0.25) is 14.2 Å². The van der Waals surface area contributed by atoms with E-state index in [1.807, 2.05) is 56.3 Å². The summed E-state index contributed by atoms with van der Waals surface area (Å²) < 4.78 is 2.15. The number of carbonyl (C=O) groups excluding carboxylic acids is 1. The first-order valence-electron chi connectivity index (χ1n) is 9.91. The third-order valence-corrected chi connectivity index (χ3v) is 6.16. The van der Waals surface area contributed by atoms with Crippen molar-refractivity contribution >= 4 is 21.8 Å². The molecular formula is C24H26BrN3O2. The molecule has 5 nitrogen and oxygen atoms in total. The number of primary amides is 1. The number of benzene rings is 2. The number of hydrogen-bond acceptors (Lipinski definition) is 3. The fourth-order valence-corrected chi connectivity index (χ4v) is 4.08. The van der Waals surface area contributed by atoms with Crippen molar-refractivity contribution in [2.75, 3.05) is 0 Å². The minimum atomic E-state index is -0.485. The molecule has 0 fully saturated rings. The van der Waals surface area contributed by atoms with E-state index in [9.17, 15) is 9.59 Å². The van der Waals surface area contributed by atoms with Gasteiger partial charge in [0.05, 0.1) is 12.2 Å². The highest BCUT2D eigenvalue weighted by atomic mass is 79.9. The minimum Gasteiger partial charge on any atom is -0.366 e. The summed E-state index contributed by atoms with van der Waals surface area (Å²) >= 11 is 3.40. The Morgan fingerprint density at radius 2 is 1.80 bits per heavy atom. The van der Waals surface area contributed by atoms with Crippen molar-refractivity contribution in [1.29, 1.82) is 0 Å². The van der Waals surface area contributed by atoms with Gasteiger partial charge in [-0.15, -0.1) is 0 Å². The van der Waals surface area contributed by atoms with Crippen LogP contribution in [0.25, 0.3) is 0 Å². The Kier molecular flexibility index (Phi) is 6.56. The summed E-state index contributed by atoms with van der Waals surface area (Å²) in [6.07, 6.45) is 0. The molecule has 1 heterocycles. The predicted molar refractivity (Wildman–Crippen MR) is 123 cm³/mol. The fraction of sp³-hybridized carbons (Fsp3) is 0.292. The predicted octanol–water partition coefficient (Wildman–Crippen LogP) is 4.56. The molecule has 1 amide bonds. The van der Waals surface area contributed by atoms with E-state index in [4.69, 9.17) is 10.7 Å². The quantitative estimate of drug-likeness (QED) is 0.576. The molecule has 2 aromatic carbocycles. The summed E-state index contributed by atoms with van der Waals surface area (Å²) in [5, 5.41) is 0. The Bertz CT molecular complexity index is 1140. The number of rotatable bonds is 6. The fourth-order valence-electron chi connectivity index (χ4n) is 3.77. The number of aromatic nitrogens is 2. The van der Waals surface area contributed by atoms with Crippen LogP contribution in [0.2, 0.25) is 0 Å². The van der Waals surface area contributed by atoms with E-state index in [2.05, 4.69) is 29.8 Å². The molecule has 0 spiro atoms. The van der Waals surface area contributed by atoms with Gasteiger partial charge in [-0.05, 0) is 52.9 Å². The standard InChI is InChI=1S/C24H26BrN3O2/c1-14(2)20(19-12-15(3)10-11-18(19)22(26)29)23-27-16(4)21(25)24(30)28(23)13-17-8-6-5-7-9-17/h5-12,14,20H,13H2,1-4H3,(H2,26,29)/t20-/m1/s1. The van der Waals surface area contributed by atoms with Crippen LogP contribution >= 0.6 is 15.9 Å². The molecular weight excluding hydrogens is 442 g/mol. The average Bonchev–Trinajstić information content (AvgIpc) is 2.69. The Morgan fingerprint density at radius 1 is 1.13 bits per heavy atom. The second-order valence-electron chi connectivity index (χ2n) is 7.92. The number of hydrogen-bond donors (Lipinski definition) is 1. The first-order chi connectivity index (χ1) is 14.2. The van der Waals surface area contributed by atoms with Crippen LogP contribution < -0.4 is 11.3 Å². The van der Waals surface area contributed by atoms with Crippen LogP contribution in [-0.2, 0) is 6.54 Å². The molecule has 0 aliphatic carbocycles. The van der Waals surface area contributed by atoms with Crippen LogP contribution in [0.4, 0.5) is 0 Å². The van der Waals surface area contributed by atoms with Crippen LogP contribution in [0.15, 0.2) is 57.8 Å². The topological polar surface area (TPSA) is 78.0 Å². The summed E-state index contributed by atoms with van der Waals surface area (Å²) in [5.74, 6) is -0.0379. The number of amides is 1. The van der Waals surface area contributed by atoms with E-state index in [1.165, 1.54) is 0 Å². The van der Waals surface area contributed by atoms with Gasteiger partial charge in [0.2, 0.25) is 5.91 Å². The highest BCUT2D eigenvalue weighted by molar-refractivity contribution is 9.10. The lowest BCUT2D eigenvalue weighted by molar-refractivity contribution is 0.0999. The zero-order chi connectivity index (χ0) is 22.0. The molecule has 0 bridgehead atoms. The van der Waals surface area contributed by atoms with Gasteiger partial charge < -0.3 is 5.73 Å². The van der Waals surface area contributed by atoms with Gasteiger partial charge in [-0.2, -0.15) is 0 Å². The van der Waals surface area contributed by atoms with E-state index in [-0.39, 0.29) is 17.4 Å². The van der Waals surface area contributed by atoms with Crippen molar-refractivity contribution in [3.8, 4) is 0 Å². The maximum Gasteiger partial charge on any atom is 0.268 e. The minimum absolute atomic E-state index is 0.0828. The Hall–Kier alpha value is -2.73. The van der Waals surface area contributed by atoms with E-state index < -0.39 is 5.91 Å². The van der Waals surface area contributed by atoms with Gasteiger partial charge in [0.25, 0.3) is 5.56 Å². The molecule has 2 N–H and O–H groups in total. The molecule has 3 aromatic rings. The lowest BCUT2D eigenvalue weighted by atomic mass is 9.83. The average molecular weight is 468 g/mol. The van der Waals surface area contributed by atoms with Gasteiger partial charge in [0.15, 0.2) is 0 Å². The van der Waals surface area contributed by atoms with Gasteiger partial charge >= 0.3 is 0 Å². The molecule has 0 unspecified atom stereocenters. The highest BCUT2D eigenvalue weighted by Crippen LogP contribution is 2.34. The lowest BCUT2D eigenvalue weighted by Crippen LogP contribution is -2.31. The number of carbonyl (C=O) groups is 1. The van der Waals surface area contributed by atoms with Crippen molar-refractivity contribution in [3.05, 3.63) is 97.1 Å². The van der Waals surface area contributed by atoms with Crippen LogP contribution in [0.1, 0.15) is 58.3 Å². The van der Waals surface area contributed by atoms with Crippen LogP contribution in [0, 0.1) is 19.8 Å². The molecule has 0 aliphatic heterocycles. The third-order valence-electron chi connectivity index (χ3n) is 5.25. The molecule has 0 radical (unpaired) electrons. The van der Waals surface area contributed by atoms with Gasteiger partial charge in [0.1, 0.15) is 10.3 Å². The normalized spacial score (nSPS) is 12.2. The van der Waals surface area contributed by atoms with E-state index in [0.717, 1.165) is 16.7 Å². The summed E-state index contributed by atoms with van der Waals surface area (Å²) in [5.41, 5.74) is 9.45. The molecule has 1 aromatic heterocycles. The van der Waals surface area contributed by atoms with Crippen molar-refractivity contribution in [1.82, 2.24) is 9.55 Å². The maximum absolute atomic E-state index is 13.2. The van der Waals surface area contributed by atoms with Crippen molar-refractivity contribution in [2.45, 2.75) is 40.2 Å². The molecule has 3 rings (SSSR count). The molecule has 30 heavy (non-hydrogen) atoms. The van der Waals surface area contributed by atoms with E-state index in [0.29, 0.717) is 28.1 Å². The van der Waals surface area contributed by atoms with Gasteiger partial charge in [-0.25, -0.2) is 4.98 Å². The second-order valence-corrected chi connectivity index (χ2v) is 8.72. The van der Waals surface area contributed by atoms with Crippen molar-refractivity contribution in [2.24, 2.45) is 11.7 Å². The largest absolute Gasteiger partial charge is 0.366 e. The summed E-state index contributed by atoms with van der Waals surface area (Å²) in [6.45, 7) is 8.30. The van der Waals surface area contributed by atoms with Gasteiger partial charge in [-0.1, -0.05) is 61.9 Å². The SMILES string of the molecule is Cc1ccc(C(N)=O)c([C@H](c2nc(C)c(Br)c(=O)n2Cc2ccccc2)C(C)C)c1. The van der Waals surface area contributed by atoms with Crippen molar-refractivity contribution < 1.29 is 4.79 Å². The summed E-state index contributed by atoms with van der Waals surface area (Å²) in [4.78, 5) is 30.2. The molecule has 6 heteroatoms. The number of nitrogens with two attached hydrogens (primary N) is 1. The monoisotopic (exact) mass is 467 g/mol. The zero-order valence-corrected chi connectivity index (χ0v) is 19.2. The van der Waals surface area contributed by atoms with E-state index in [1.54, 1.807) is 10.6 Å². The molecule has 156 valence electrons. The third kappa shape index (κ3) is 4.38. The smallest absolute Gasteiger partial charge is 0.268 e. The van der Waals surface area contributed by atoms with Crippen molar-refractivity contribution in [3.63, 3.8) is 0 Å². The molecule has 1 atom stereocenters. The highest BCUT2D eigenvalue weighted by Gasteiger charge is 2.28. The second kappa shape index (κ2) is 8.96. The van der Waals surface area contributed by atoms with Crippen LogP contribution in [0.5, 0.6) is 0 Å². The molecule has 0 aliphatic rings. The summed E-state index contributed by atoms with van der Waals surface area (Å²) in [6, 6.07) is 15.4. The zero-order valence-electron chi connectivity index (χ0n) is 17.6. The number of halogens is 1. The Morgan fingerprint density at radius 3 is 2.40 bits per heavy atom. The first kappa shape index (κ1) is 22.0. The first-order valence-corrected chi connectivity index (χ1v) is 10.7. The number of nitrogens with zero attached hydrogens (tertiary/aromatic N) is 2. The lowest BCUT2D eigenvalue weighted by Gasteiger charge is -2.27. The maximum atomic E-state index is 13.2. The molecule has 0 saturated carbocycles. The number of aryl methyl sites for hydroxylation is 2. The Balaban J connectivity index is 2.30. The van der Waals surface area contributed by atoms with Gasteiger partial charge in [0, 0.05) is 11.5 Å².